The number of rotatable bonds is 8. The van der Waals surface area contributed by atoms with Crippen molar-refractivity contribution in [3.8, 4) is 16.9 Å². The van der Waals surface area contributed by atoms with Crippen molar-refractivity contribution in [2.24, 2.45) is 11.8 Å². The first-order valence-electron chi connectivity index (χ1n) is 15.3. The maximum atomic E-state index is 14.9. The fraction of sp³-hybridized carbons (Fsp3) is 0.486. The number of fused-ring (bicyclic) bond motifs is 1. The number of hydrogen-bond acceptors (Lipinski definition) is 4. The zero-order valence-electron chi connectivity index (χ0n) is 24.4. The summed E-state index contributed by atoms with van der Waals surface area (Å²) in [5, 5.41) is 9.78. The molecule has 2 fully saturated rings. The highest BCUT2D eigenvalue weighted by Crippen LogP contribution is 2.48. The minimum atomic E-state index is -0.740. The van der Waals surface area contributed by atoms with E-state index in [1.165, 1.54) is 36.6 Å². The predicted octanol–water partition coefficient (Wildman–Crippen LogP) is 7.85. The molecule has 3 aliphatic rings. The van der Waals surface area contributed by atoms with Crippen molar-refractivity contribution in [2.45, 2.75) is 90.3 Å². The Kier molecular flexibility index (Phi) is 7.86. The zero-order chi connectivity index (χ0) is 28.7. The summed E-state index contributed by atoms with van der Waals surface area (Å²) in [6.45, 7) is 7.90. The Hall–Kier alpha value is -3.25. The predicted molar refractivity (Wildman–Crippen MR) is 158 cm³/mol. The number of carboxylic acids is 1. The summed E-state index contributed by atoms with van der Waals surface area (Å²) in [6, 6.07) is 15.0. The van der Waals surface area contributed by atoms with Gasteiger partial charge < -0.3 is 9.84 Å². The second kappa shape index (κ2) is 11.6. The quantitative estimate of drug-likeness (QED) is 0.306. The van der Waals surface area contributed by atoms with E-state index in [1.54, 1.807) is 0 Å². The van der Waals surface area contributed by atoms with Gasteiger partial charge in [-0.15, -0.1) is 0 Å². The molecule has 1 aromatic heterocycles. The summed E-state index contributed by atoms with van der Waals surface area (Å²) in [4.78, 5) is 18.6. The van der Waals surface area contributed by atoms with E-state index >= 15 is 0 Å². The Morgan fingerprint density at radius 3 is 2.71 bits per heavy atom. The molecule has 0 amide bonds. The minimum Gasteiger partial charge on any atom is -0.485 e. The molecule has 1 N–H and O–H groups in total. The molecular formula is C35H41FN2O3. The van der Waals surface area contributed by atoms with Gasteiger partial charge in [0.1, 0.15) is 17.7 Å². The summed E-state index contributed by atoms with van der Waals surface area (Å²) in [6.07, 6.45) is 8.81. The molecule has 3 heterocycles. The molecule has 2 aliphatic heterocycles. The van der Waals surface area contributed by atoms with Crippen molar-refractivity contribution in [2.75, 3.05) is 6.54 Å². The molecule has 2 aromatic carbocycles. The van der Waals surface area contributed by atoms with Crippen molar-refractivity contribution in [1.82, 2.24) is 9.88 Å². The number of likely N-dealkylation sites (tertiary alicyclic amines) is 1. The van der Waals surface area contributed by atoms with Crippen LogP contribution in [0.2, 0.25) is 0 Å². The topological polar surface area (TPSA) is 62.7 Å². The van der Waals surface area contributed by atoms with Gasteiger partial charge in [-0.1, -0.05) is 37.6 Å². The number of piperidine rings is 1. The average Bonchev–Trinajstić information content (AvgIpc) is 3.80. The zero-order valence-corrected chi connectivity index (χ0v) is 24.4. The molecule has 6 heteroatoms. The van der Waals surface area contributed by atoms with Gasteiger partial charge in [-0.05, 0) is 117 Å². The van der Waals surface area contributed by atoms with Crippen molar-refractivity contribution < 1.29 is 19.0 Å². The fourth-order valence-electron chi connectivity index (χ4n) is 6.99. The first-order valence-corrected chi connectivity index (χ1v) is 15.3. The van der Waals surface area contributed by atoms with Crippen molar-refractivity contribution in [3.63, 3.8) is 0 Å². The minimum absolute atomic E-state index is 0.0101. The van der Waals surface area contributed by atoms with Crippen LogP contribution in [0.4, 0.5) is 4.39 Å². The lowest BCUT2D eigenvalue weighted by Crippen LogP contribution is -2.37. The number of pyridine rings is 1. The summed E-state index contributed by atoms with van der Waals surface area (Å²) >= 11 is 0. The van der Waals surface area contributed by atoms with Crippen LogP contribution in [-0.2, 0) is 17.8 Å². The van der Waals surface area contributed by atoms with E-state index in [0.717, 1.165) is 66.9 Å². The fourth-order valence-corrected chi connectivity index (χ4v) is 6.99. The number of carboxylic acid groups (broad SMARTS) is 1. The third-order valence-electron chi connectivity index (χ3n) is 9.59. The first-order chi connectivity index (χ1) is 19.8. The number of ether oxygens (including phenoxy) is 1. The Morgan fingerprint density at radius 1 is 1.12 bits per heavy atom. The molecule has 0 radical (unpaired) electrons. The highest BCUT2D eigenvalue weighted by Gasteiger charge is 2.39. The molecule has 1 saturated heterocycles. The van der Waals surface area contributed by atoms with Crippen LogP contribution >= 0.6 is 0 Å². The van der Waals surface area contributed by atoms with Gasteiger partial charge in [0.25, 0.3) is 0 Å². The Balaban J connectivity index is 1.34. The van der Waals surface area contributed by atoms with Gasteiger partial charge in [-0.3, -0.25) is 14.7 Å². The molecule has 4 atom stereocenters. The van der Waals surface area contributed by atoms with Crippen LogP contribution < -0.4 is 4.74 Å². The maximum absolute atomic E-state index is 14.9. The van der Waals surface area contributed by atoms with Crippen LogP contribution in [0.15, 0.2) is 48.7 Å². The van der Waals surface area contributed by atoms with E-state index in [4.69, 9.17) is 4.74 Å². The standard InChI is InChI=1S/C35H41FN2O3/c1-21-16-30(31(36)19-37-21)26-11-13-29(28(17-26)20-38-15-5-4-6-22(38)2)32-14-12-24-7-10-27(18-33(24)41-32)34(25-8-9-25)23(3)35(39)40/h7,10-11,13,16-19,22-23,25,32,34H,4-6,8-9,12,14-15,20H2,1-3H3,(H,39,40)/t22-,23-,32?,34-/m0/s1. The highest BCUT2D eigenvalue weighted by molar-refractivity contribution is 5.71. The molecule has 0 spiro atoms. The van der Waals surface area contributed by atoms with E-state index in [1.807, 2.05) is 26.0 Å². The second-order valence-corrected chi connectivity index (χ2v) is 12.5. The SMILES string of the molecule is Cc1cc(-c2ccc(C3CCc4ccc([C@H](C5CC5)[C@H](C)C(=O)O)cc4O3)c(CN3CCCC[C@@H]3C)c2)c(F)cn1. The Morgan fingerprint density at radius 2 is 1.95 bits per heavy atom. The van der Waals surface area contributed by atoms with Crippen LogP contribution in [-0.4, -0.2) is 33.5 Å². The number of nitrogens with zero attached hydrogens (tertiary/aromatic N) is 2. The van der Waals surface area contributed by atoms with Crippen LogP contribution in [0.25, 0.3) is 11.1 Å². The van der Waals surface area contributed by atoms with Crippen molar-refractivity contribution in [1.29, 1.82) is 0 Å². The average molecular weight is 557 g/mol. The molecule has 1 unspecified atom stereocenters. The normalized spacial score (nSPS) is 22.4. The molecule has 1 aliphatic carbocycles. The van der Waals surface area contributed by atoms with Crippen molar-refractivity contribution in [3.05, 3.63) is 82.4 Å². The number of halogens is 1. The lowest BCUT2D eigenvalue weighted by molar-refractivity contribution is -0.142. The van der Waals surface area contributed by atoms with E-state index < -0.39 is 11.9 Å². The van der Waals surface area contributed by atoms with Gasteiger partial charge in [0, 0.05) is 23.8 Å². The van der Waals surface area contributed by atoms with Gasteiger partial charge in [0.2, 0.25) is 0 Å². The van der Waals surface area contributed by atoms with E-state index in [9.17, 15) is 14.3 Å². The third-order valence-corrected chi connectivity index (χ3v) is 9.59. The molecule has 3 aromatic rings. The van der Waals surface area contributed by atoms with Gasteiger partial charge in [0.05, 0.1) is 12.1 Å². The molecule has 6 rings (SSSR count). The number of aromatic nitrogens is 1. The first kappa shape index (κ1) is 27.9. The number of aryl methyl sites for hydroxylation is 2. The van der Waals surface area contributed by atoms with Crippen LogP contribution in [0.1, 0.15) is 92.3 Å². The summed E-state index contributed by atoms with van der Waals surface area (Å²) in [5.41, 5.74) is 6.83. The lowest BCUT2D eigenvalue weighted by atomic mass is 9.82. The smallest absolute Gasteiger partial charge is 0.306 e. The molecule has 41 heavy (non-hydrogen) atoms. The molecule has 1 saturated carbocycles. The van der Waals surface area contributed by atoms with Gasteiger partial charge >= 0.3 is 5.97 Å². The maximum Gasteiger partial charge on any atom is 0.306 e. The lowest BCUT2D eigenvalue weighted by Gasteiger charge is -2.35. The number of benzene rings is 2. The molecular weight excluding hydrogens is 515 g/mol. The van der Waals surface area contributed by atoms with Gasteiger partial charge in [-0.25, -0.2) is 4.39 Å². The van der Waals surface area contributed by atoms with Gasteiger partial charge in [-0.2, -0.15) is 0 Å². The molecule has 5 nitrogen and oxygen atoms in total. The third kappa shape index (κ3) is 5.90. The number of hydrogen-bond donors (Lipinski definition) is 1. The summed E-state index contributed by atoms with van der Waals surface area (Å²) in [5.74, 6) is -0.160. The van der Waals surface area contributed by atoms with E-state index in [2.05, 4.69) is 47.1 Å². The summed E-state index contributed by atoms with van der Waals surface area (Å²) < 4.78 is 21.6. The largest absolute Gasteiger partial charge is 0.485 e. The van der Waals surface area contributed by atoms with E-state index in [0.29, 0.717) is 17.5 Å². The van der Waals surface area contributed by atoms with Crippen LogP contribution in [0.3, 0.4) is 0 Å². The van der Waals surface area contributed by atoms with Crippen LogP contribution in [0, 0.1) is 24.6 Å². The van der Waals surface area contributed by atoms with Crippen molar-refractivity contribution >= 4 is 5.97 Å². The highest BCUT2D eigenvalue weighted by atomic mass is 19.1. The summed E-state index contributed by atoms with van der Waals surface area (Å²) in [7, 11) is 0. The molecule has 216 valence electrons. The Labute approximate surface area is 242 Å². The Bertz CT molecular complexity index is 1430. The van der Waals surface area contributed by atoms with E-state index in [-0.39, 0.29) is 17.8 Å². The number of aliphatic carboxylic acids is 1. The number of carbonyl (C=O) groups is 1. The monoisotopic (exact) mass is 556 g/mol. The van der Waals surface area contributed by atoms with Crippen LogP contribution in [0.5, 0.6) is 5.75 Å². The molecule has 0 bridgehead atoms. The van der Waals surface area contributed by atoms with Gasteiger partial charge in [0.15, 0.2) is 0 Å². The second-order valence-electron chi connectivity index (χ2n) is 12.5.